The maximum atomic E-state index is 12.9. The molecule has 2 fully saturated rings. The summed E-state index contributed by atoms with van der Waals surface area (Å²) in [5.41, 5.74) is 2.71. The second-order valence-electron chi connectivity index (χ2n) is 7.45. The number of carbonyl (C=O) groups excluding carboxylic acids is 1. The Labute approximate surface area is 189 Å². The van der Waals surface area contributed by atoms with Crippen LogP contribution >= 0.6 is 24.8 Å². The van der Waals surface area contributed by atoms with Crippen LogP contribution in [-0.2, 0) is 11.3 Å². The Morgan fingerprint density at radius 3 is 2.63 bits per heavy atom. The van der Waals surface area contributed by atoms with Crippen LogP contribution in [0.2, 0.25) is 0 Å². The minimum atomic E-state index is -0.100. The number of halogens is 2. The molecular formula is C20H30Cl2N6O2. The Morgan fingerprint density at radius 1 is 1.20 bits per heavy atom. The molecule has 0 atom stereocenters. The van der Waals surface area contributed by atoms with Gasteiger partial charge in [0, 0.05) is 32.4 Å². The van der Waals surface area contributed by atoms with E-state index in [1.165, 1.54) is 5.69 Å². The normalized spacial score (nSPS) is 17.0. The summed E-state index contributed by atoms with van der Waals surface area (Å²) >= 11 is 0. The lowest BCUT2D eigenvalue weighted by Crippen LogP contribution is -2.37. The molecule has 0 aliphatic carbocycles. The number of benzene rings is 1. The number of rotatable bonds is 5. The van der Waals surface area contributed by atoms with Gasteiger partial charge in [0.05, 0.1) is 25.5 Å². The van der Waals surface area contributed by atoms with E-state index in [0.29, 0.717) is 18.3 Å². The van der Waals surface area contributed by atoms with Crippen molar-refractivity contribution in [1.29, 1.82) is 0 Å². The molecule has 4 rings (SSSR count). The molecule has 2 aliphatic heterocycles. The third kappa shape index (κ3) is 5.63. The Bertz CT molecular complexity index is 806. The summed E-state index contributed by atoms with van der Waals surface area (Å²) < 4.78 is 7.31. The lowest BCUT2D eigenvalue weighted by molar-refractivity contribution is 0.0779. The Balaban J connectivity index is 0.00000160. The summed E-state index contributed by atoms with van der Waals surface area (Å²) in [5.74, 6) is -0.100. The lowest BCUT2D eigenvalue weighted by atomic mass is 10.1. The van der Waals surface area contributed by atoms with Gasteiger partial charge in [0.1, 0.15) is 0 Å². The van der Waals surface area contributed by atoms with Crippen LogP contribution in [0.25, 0.3) is 0 Å². The number of anilines is 1. The maximum absolute atomic E-state index is 12.9. The topological polar surface area (TPSA) is 75.5 Å². The molecule has 0 saturated carbocycles. The van der Waals surface area contributed by atoms with Gasteiger partial charge in [-0.2, -0.15) is 0 Å². The van der Waals surface area contributed by atoms with E-state index in [9.17, 15) is 4.79 Å². The van der Waals surface area contributed by atoms with Gasteiger partial charge in [0.2, 0.25) is 0 Å². The minimum Gasteiger partial charge on any atom is -0.378 e. The predicted octanol–water partition coefficient (Wildman–Crippen LogP) is 2.16. The monoisotopic (exact) mass is 456 g/mol. The average Bonchev–Trinajstić information content (AvgIpc) is 3.25. The summed E-state index contributed by atoms with van der Waals surface area (Å²) in [6, 6.07) is 8.58. The van der Waals surface area contributed by atoms with Gasteiger partial charge in [0.25, 0.3) is 5.91 Å². The molecule has 2 aromatic rings. The highest BCUT2D eigenvalue weighted by atomic mass is 35.5. The fraction of sp³-hybridized carbons (Fsp3) is 0.550. The van der Waals surface area contributed by atoms with Crippen LogP contribution < -0.4 is 10.2 Å². The Morgan fingerprint density at radius 2 is 1.90 bits per heavy atom. The third-order valence-electron chi connectivity index (χ3n) is 5.51. The molecular weight excluding hydrogens is 427 g/mol. The van der Waals surface area contributed by atoms with Crippen molar-refractivity contribution in [3.05, 3.63) is 41.7 Å². The summed E-state index contributed by atoms with van der Waals surface area (Å²) in [6.07, 6.45) is 3.82. The van der Waals surface area contributed by atoms with E-state index in [-0.39, 0.29) is 30.7 Å². The molecule has 2 aliphatic rings. The molecule has 3 heterocycles. The van der Waals surface area contributed by atoms with E-state index in [1.807, 2.05) is 23.9 Å². The number of nitrogens with one attached hydrogen (secondary N) is 1. The summed E-state index contributed by atoms with van der Waals surface area (Å²) in [4.78, 5) is 16.9. The highest BCUT2D eigenvalue weighted by molar-refractivity contribution is 5.91. The molecule has 10 heteroatoms. The van der Waals surface area contributed by atoms with Crippen LogP contribution in [0, 0.1) is 0 Å². The minimum absolute atomic E-state index is 0. The van der Waals surface area contributed by atoms with E-state index in [2.05, 4.69) is 32.7 Å². The number of aromatic nitrogens is 3. The first-order valence-corrected chi connectivity index (χ1v) is 10.0. The van der Waals surface area contributed by atoms with Crippen molar-refractivity contribution in [2.24, 2.45) is 0 Å². The lowest BCUT2D eigenvalue weighted by Gasteiger charge is -2.31. The second-order valence-corrected chi connectivity index (χ2v) is 7.45. The maximum Gasteiger partial charge on any atom is 0.276 e. The van der Waals surface area contributed by atoms with E-state index in [4.69, 9.17) is 4.74 Å². The van der Waals surface area contributed by atoms with Crippen molar-refractivity contribution in [2.45, 2.75) is 25.4 Å². The number of piperidine rings is 1. The summed E-state index contributed by atoms with van der Waals surface area (Å²) in [5, 5.41) is 11.7. The highest BCUT2D eigenvalue weighted by Gasteiger charge is 2.22. The molecule has 1 aromatic carbocycles. The number of hydrogen-bond acceptors (Lipinski definition) is 6. The molecule has 1 aromatic heterocycles. The van der Waals surface area contributed by atoms with Crippen LogP contribution in [0.4, 0.5) is 5.69 Å². The molecule has 30 heavy (non-hydrogen) atoms. The van der Waals surface area contributed by atoms with Gasteiger partial charge < -0.3 is 19.9 Å². The van der Waals surface area contributed by atoms with Gasteiger partial charge in [-0.15, -0.1) is 29.9 Å². The van der Waals surface area contributed by atoms with Gasteiger partial charge >= 0.3 is 0 Å². The molecule has 1 N–H and O–H groups in total. The molecule has 1 amide bonds. The standard InChI is InChI=1S/C20H28N6O2.2ClH/c1-24(14-16-4-2-3-5-19(16)25-10-12-28-13-11-25)20(27)18-15-26(23-22-18)17-6-8-21-9-7-17;;/h2-5,15,17,21H,6-14H2,1H3;2*1H. The Kier molecular flexibility index (Phi) is 9.36. The number of ether oxygens (including phenoxy) is 1. The summed E-state index contributed by atoms with van der Waals surface area (Å²) in [6.45, 7) is 5.72. The van der Waals surface area contributed by atoms with Gasteiger partial charge in [-0.1, -0.05) is 23.4 Å². The fourth-order valence-corrected chi connectivity index (χ4v) is 3.90. The van der Waals surface area contributed by atoms with Gasteiger partial charge in [-0.25, -0.2) is 4.68 Å². The summed E-state index contributed by atoms with van der Waals surface area (Å²) in [7, 11) is 1.82. The molecule has 0 radical (unpaired) electrons. The number of amides is 1. The Hall–Kier alpha value is -1.87. The quantitative estimate of drug-likeness (QED) is 0.742. The third-order valence-corrected chi connectivity index (χ3v) is 5.51. The largest absolute Gasteiger partial charge is 0.378 e. The number of nitrogens with zero attached hydrogens (tertiary/aromatic N) is 5. The van der Waals surface area contributed by atoms with E-state index < -0.39 is 0 Å². The van der Waals surface area contributed by atoms with E-state index in [0.717, 1.165) is 57.8 Å². The number of hydrogen-bond donors (Lipinski definition) is 1. The first-order valence-electron chi connectivity index (χ1n) is 10.0. The number of morpholine rings is 1. The van der Waals surface area contributed by atoms with Crippen LogP contribution in [-0.4, -0.2) is 72.2 Å². The van der Waals surface area contributed by atoms with Crippen LogP contribution in [0.1, 0.15) is 34.9 Å². The van der Waals surface area contributed by atoms with Gasteiger partial charge in [-0.05, 0) is 37.6 Å². The van der Waals surface area contributed by atoms with Crippen molar-refractivity contribution < 1.29 is 9.53 Å². The SMILES string of the molecule is CN(Cc1ccccc1N1CCOCC1)C(=O)c1cn(C2CCNCC2)nn1.Cl.Cl. The average molecular weight is 457 g/mol. The van der Waals surface area contributed by atoms with Crippen molar-refractivity contribution in [1.82, 2.24) is 25.2 Å². The predicted molar refractivity (Wildman–Crippen MR) is 121 cm³/mol. The van der Waals surface area contributed by atoms with Crippen LogP contribution in [0.5, 0.6) is 0 Å². The van der Waals surface area contributed by atoms with Crippen molar-refractivity contribution in [2.75, 3.05) is 51.3 Å². The molecule has 2 saturated heterocycles. The first kappa shape index (κ1) is 24.4. The molecule has 166 valence electrons. The smallest absolute Gasteiger partial charge is 0.276 e. The zero-order valence-electron chi connectivity index (χ0n) is 17.2. The second kappa shape index (κ2) is 11.5. The van der Waals surface area contributed by atoms with E-state index >= 15 is 0 Å². The number of para-hydroxylation sites is 1. The molecule has 0 bridgehead atoms. The molecule has 8 nitrogen and oxygen atoms in total. The zero-order chi connectivity index (χ0) is 19.3. The van der Waals surface area contributed by atoms with Crippen molar-refractivity contribution in [3.8, 4) is 0 Å². The van der Waals surface area contributed by atoms with Crippen molar-refractivity contribution in [3.63, 3.8) is 0 Å². The highest BCUT2D eigenvalue weighted by Crippen LogP contribution is 2.23. The molecule has 0 unspecified atom stereocenters. The fourth-order valence-electron chi connectivity index (χ4n) is 3.90. The van der Waals surface area contributed by atoms with Crippen molar-refractivity contribution >= 4 is 36.4 Å². The zero-order valence-corrected chi connectivity index (χ0v) is 18.8. The first-order chi connectivity index (χ1) is 13.7. The van der Waals surface area contributed by atoms with Crippen LogP contribution in [0.15, 0.2) is 30.5 Å². The van der Waals surface area contributed by atoms with Crippen LogP contribution in [0.3, 0.4) is 0 Å². The number of carbonyl (C=O) groups is 1. The van der Waals surface area contributed by atoms with Gasteiger partial charge in [-0.3, -0.25) is 4.79 Å². The van der Waals surface area contributed by atoms with Gasteiger partial charge in [0.15, 0.2) is 5.69 Å². The van der Waals surface area contributed by atoms with E-state index in [1.54, 1.807) is 11.1 Å². The molecule has 0 spiro atoms.